The highest BCUT2D eigenvalue weighted by atomic mass is 16.5. The molecule has 3 nitrogen and oxygen atoms in total. The average molecular weight is 261 g/mol. The molecule has 0 saturated heterocycles. The summed E-state index contributed by atoms with van der Waals surface area (Å²) in [5.74, 6) is 1.07. The van der Waals surface area contributed by atoms with Crippen LogP contribution in [0.15, 0.2) is 30.3 Å². The lowest BCUT2D eigenvalue weighted by Gasteiger charge is -2.15. The van der Waals surface area contributed by atoms with Crippen LogP contribution < -0.4 is 0 Å². The molecular formula is C16H23NO2. The van der Waals surface area contributed by atoms with E-state index in [1.54, 1.807) is 0 Å². The number of ketones is 1. The first-order valence-electron chi connectivity index (χ1n) is 7.06. The highest BCUT2D eigenvalue weighted by molar-refractivity contribution is 5.82. The number of hydrogen-bond donors (Lipinski definition) is 0. The Bertz CT molecular complexity index is 387. The third-order valence-corrected chi connectivity index (χ3v) is 3.36. The standard InChI is InChI=1S/C16H23NO2/c1-17(9-10-19-13-15-7-8-15)12-16(18)11-14-5-3-2-4-6-14/h2-6,15H,7-13H2,1H3. The van der Waals surface area contributed by atoms with E-state index >= 15 is 0 Å². The van der Waals surface area contributed by atoms with Crippen molar-refractivity contribution < 1.29 is 9.53 Å². The Morgan fingerprint density at radius 2 is 2.05 bits per heavy atom. The highest BCUT2D eigenvalue weighted by Crippen LogP contribution is 2.28. The topological polar surface area (TPSA) is 29.5 Å². The third-order valence-electron chi connectivity index (χ3n) is 3.36. The number of likely N-dealkylation sites (N-methyl/N-ethyl adjacent to an activating group) is 1. The van der Waals surface area contributed by atoms with Gasteiger partial charge in [-0.15, -0.1) is 0 Å². The number of benzene rings is 1. The number of hydrogen-bond acceptors (Lipinski definition) is 3. The number of ether oxygens (including phenoxy) is 1. The molecule has 104 valence electrons. The number of rotatable bonds is 9. The van der Waals surface area contributed by atoms with E-state index in [0.717, 1.165) is 31.2 Å². The molecule has 0 aliphatic heterocycles. The van der Waals surface area contributed by atoms with E-state index in [0.29, 0.717) is 13.0 Å². The van der Waals surface area contributed by atoms with Crippen LogP contribution in [0.3, 0.4) is 0 Å². The van der Waals surface area contributed by atoms with Crippen LogP contribution in [0, 0.1) is 5.92 Å². The van der Waals surface area contributed by atoms with Crippen LogP contribution in [0.4, 0.5) is 0 Å². The van der Waals surface area contributed by atoms with E-state index in [1.807, 2.05) is 42.3 Å². The molecule has 0 heterocycles. The van der Waals surface area contributed by atoms with Gasteiger partial charge in [0.05, 0.1) is 13.2 Å². The summed E-state index contributed by atoms with van der Waals surface area (Å²) in [6, 6.07) is 9.90. The van der Waals surface area contributed by atoms with Crippen molar-refractivity contribution in [2.24, 2.45) is 5.92 Å². The summed E-state index contributed by atoms with van der Waals surface area (Å²) >= 11 is 0. The molecule has 1 saturated carbocycles. The summed E-state index contributed by atoms with van der Waals surface area (Å²) in [6.45, 7) is 2.95. The first-order valence-corrected chi connectivity index (χ1v) is 7.06. The summed E-state index contributed by atoms with van der Waals surface area (Å²) in [5.41, 5.74) is 1.09. The quantitative estimate of drug-likeness (QED) is 0.638. The van der Waals surface area contributed by atoms with Crippen LogP contribution >= 0.6 is 0 Å². The molecule has 0 bridgehead atoms. The van der Waals surface area contributed by atoms with Gasteiger partial charge in [-0.2, -0.15) is 0 Å². The fraction of sp³-hybridized carbons (Fsp3) is 0.562. The van der Waals surface area contributed by atoms with Gasteiger partial charge >= 0.3 is 0 Å². The van der Waals surface area contributed by atoms with Crippen LogP contribution in [-0.4, -0.2) is 44.0 Å². The van der Waals surface area contributed by atoms with Gasteiger partial charge < -0.3 is 4.74 Å². The number of nitrogens with zero attached hydrogens (tertiary/aromatic N) is 1. The fourth-order valence-electron chi connectivity index (χ4n) is 2.01. The first kappa shape index (κ1) is 14.2. The molecule has 1 aliphatic carbocycles. The van der Waals surface area contributed by atoms with Crippen LogP contribution in [0.1, 0.15) is 18.4 Å². The molecule has 1 fully saturated rings. The zero-order valence-corrected chi connectivity index (χ0v) is 11.7. The average Bonchev–Trinajstić information content (AvgIpc) is 3.20. The van der Waals surface area contributed by atoms with Crippen LogP contribution in [0.25, 0.3) is 0 Å². The molecule has 0 atom stereocenters. The SMILES string of the molecule is CN(CCOCC1CC1)CC(=O)Cc1ccccc1. The van der Waals surface area contributed by atoms with Gasteiger partial charge in [-0.05, 0) is 31.4 Å². The Morgan fingerprint density at radius 3 is 2.74 bits per heavy atom. The second kappa shape index (κ2) is 7.41. The van der Waals surface area contributed by atoms with Gasteiger partial charge in [0.1, 0.15) is 0 Å². The van der Waals surface area contributed by atoms with Gasteiger partial charge in [0.2, 0.25) is 0 Å². The lowest BCUT2D eigenvalue weighted by Crippen LogP contribution is -2.30. The van der Waals surface area contributed by atoms with Gasteiger partial charge in [-0.1, -0.05) is 30.3 Å². The largest absolute Gasteiger partial charge is 0.380 e. The Kier molecular flexibility index (Phi) is 5.55. The second-order valence-electron chi connectivity index (χ2n) is 5.46. The lowest BCUT2D eigenvalue weighted by atomic mass is 10.1. The Balaban J connectivity index is 1.58. The molecule has 2 rings (SSSR count). The van der Waals surface area contributed by atoms with Crippen LogP contribution in [0.2, 0.25) is 0 Å². The minimum Gasteiger partial charge on any atom is -0.380 e. The van der Waals surface area contributed by atoms with Gasteiger partial charge in [-0.25, -0.2) is 0 Å². The molecule has 0 aromatic heterocycles. The van der Waals surface area contributed by atoms with E-state index in [-0.39, 0.29) is 5.78 Å². The summed E-state index contributed by atoms with van der Waals surface area (Å²) < 4.78 is 5.58. The predicted octanol–water partition coefficient (Wildman–Crippen LogP) is 2.16. The maximum absolute atomic E-state index is 11.9. The second-order valence-corrected chi connectivity index (χ2v) is 5.46. The summed E-state index contributed by atoms with van der Waals surface area (Å²) in [6.07, 6.45) is 3.17. The monoisotopic (exact) mass is 261 g/mol. The predicted molar refractivity (Wildman–Crippen MR) is 76.2 cm³/mol. The van der Waals surface area contributed by atoms with Gasteiger partial charge in [-0.3, -0.25) is 9.69 Å². The Labute approximate surface area is 115 Å². The van der Waals surface area contributed by atoms with Crippen molar-refractivity contribution in [1.82, 2.24) is 4.90 Å². The molecule has 0 radical (unpaired) electrons. The summed E-state index contributed by atoms with van der Waals surface area (Å²) in [4.78, 5) is 13.9. The third kappa shape index (κ3) is 5.99. The number of carbonyl (C=O) groups excluding carboxylic acids is 1. The Morgan fingerprint density at radius 1 is 1.32 bits per heavy atom. The maximum atomic E-state index is 11.9. The van der Waals surface area contributed by atoms with Crippen LogP contribution in [0.5, 0.6) is 0 Å². The first-order chi connectivity index (χ1) is 9.24. The normalized spacial score (nSPS) is 14.8. The molecule has 0 spiro atoms. The zero-order valence-electron chi connectivity index (χ0n) is 11.7. The molecule has 19 heavy (non-hydrogen) atoms. The van der Waals surface area contributed by atoms with E-state index in [1.165, 1.54) is 12.8 Å². The van der Waals surface area contributed by atoms with Crippen molar-refractivity contribution in [2.75, 3.05) is 33.4 Å². The fourth-order valence-corrected chi connectivity index (χ4v) is 2.01. The van der Waals surface area contributed by atoms with Gasteiger partial charge in [0, 0.05) is 19.6 Å². The van der Waals surface area contributed by atoms with Gasteiger partial charge in [0.25, 0.3) is 0 Å². The smallest absolute Gasteiger partial charge is 0.151 e. The molecule has 0 amide bonds. The van der Waals surface area contributed by atoms with Crippen molar-refractivity contribution in [3.63, 3.8) is 0 Å². The molecule has 1 aromatic rings. The van der Waals surface area contributed by atoms with E-state index in [4.69, 9.17) is 4.74 Å². The van der Waals surface area contributed by atoms with E-state index in [9.17, 15) is 4.79 Å². The molecular weight excluding hydrogens is 238 g/mol. The minimum atomic E-state index is 0.260. The number of Topliss-reactive ketones (excluding diaryl/α,β-unsaturated/α-hetero) is 1. The number of carbonyl (C=O) groups is 1. The van der Waals surface area contributed by atoms with Crippen molar-refractivity contribution in [2.45, 2.75) is 19.3 Å². The molecule has 1 aliphatic rings. The Hall–Kier alpha value is -1.19. The molecule has 1 aromatic carbocycles. The molecule has 0 N–H and O–H groups in total. The van der Waals surface area contributed by atoms with Crippen molar-refractivity contribution >= 4 is 5.78 Å². The molecule has 3 heteroatoms. The lowest BCUT2D eigenvalue weighted by molar-refractivity contribution is -0.119. The maximum Gasteiger partial charge on any atom is 0.151 e. The molecule has 0 unspecified atom stereocenters. The van der Waals surface area contributed by atoms with E-state index in [2.05, 4.69) is 0 Å². The van der Waals surface area contributed by atoms with Crippen LogP contribution in [-0.2, 0) is 16.0 Å². The van der Waals surface area contributed by atoms with Gasteiger partial charge in [0.15, 0.2) is 5.78 Å². The van der Waals surface area contributed by atoms with Crippen molar-refractivity contribution in [3.05, 3.63) is 35.9 Å². The van der Waals surface area contributed by atoms with Crippen molar-refractivity contribution in [1.29, 1.82) is 0 Å². The summed E-state index contributed by atoms with van der Waals surface area (Å²) in [7, 11) is 1.98. The highest BCUT2D eigenvalue weighted by Gasteiger charge is 2.21. The zero-order chi connectivity index (χ0) is 13.5. The van der Waals surface area contributed by atoms with E-state index < -0.39 is 0 Å². The van der Waals surface area contributed by atoms with Crippen molar-refractivity contribution in [3.8, 4) is 0 Å². The minimum absolute atomic E-state index is 0.260. The summed E-state index contributed by atoms with van der Waals surface area (Å²) in [5, 5.41) is 0.